The van der Waals surface area contributed by atoms with Crippen LogP contribution in [-0.4, -0.2) is 42.0 Å². The summed E-state index contributed by atoms with van der Waals surface area (Å²) in [5.74, 6) is 2.61. The average Bonchev–Trinajstić information content (AvgIpc) is 2.43. The minimum Gasteiger partial charge on any atom is -0.370 e. The second-order valence-electron chi connectivity index (χ2n) is 4.34. The summed E-state index contributed by atoms with van der Waals surface area (Å²) in [7, 11) is 0. The van der Waals surface area contributed by atoms with Crippen LogP contribution in [0, 0.1) is 5.82 Å². The Bertz CT molecular complexity index is 461. The SMILES string of the molecule is NC(=NCCc1ccc(F)c(Br)c1)N1CCSCC1. The number of nitrogens with two attached hydrogens (primary N) is 1. The quantitative estimate of drug-likeness (QED) is 0.675. The molecule has 0 saturated carbocycles. The van der Waals surface area contributed by atoms with Crippen LogP contribution >= 0.6 is 27.7 Å². The van der Waals surface area contributed by atoms with Crippen molar-refractivity contribution in [2.24, 2.45) is 10.7 Å². The Balaban J connectivity index is 1.85. The third-order valence-corrected chi connectivity index (χ3v) is 4.54. The van der Waals surface area contributed by atoms with E-state index in [9.17, 15) is 4.39 Å². The van der Waals surface area contributed by atoms with Crippen LogP contribution in [0.5, 0.6) is 0 Å². The molecule has 0 radical (unpaired) electrons. The van der Waals surface area contributed by atoms with Gasteiger partial charge in [-0.25, -0.2) is 4.39 Å². The molecule has 0 amide bonds. The van der Waals surface area contributed by atoms with E-state index in [1.807, 2.05) is 11.8 Å². The molecule has 0 aliphatic carbocycles. The summed E-state index contributed by atoms with van der Waals surface area (Å²) >= 11 is 5.13. The van der Waals surface area contributed by atoms with Crippen molar-refractivity contribution < 1.29 is 4.39 Å². The van der Waals surface area contributed by atoms with E-state index in [1.165, 1.54) is 6.07 Å². The average molecular weight is 346 g/mol. The highest BCUT2D eigenvalue weighted by Crippen LogP contribution is 2.17. The van der Waals surface area contributed by atoms with Gasteiger partial charge in [-0.1, -0.05) is 6.07 Å². The number of rotatable bonds is 3. The van der Waals surface area contributed by atoms with Gasteiger partial charge in [0.1, 0.15) is 5.82 Å². The molecule has 104 valence electrons. The molecule has 0 spiro atoms. The minimum atomic E-state index is -0.238. The molecule has 1 aromatic carbocycles. The Morgan fingerprint density at radius 1 is 1.42 bits per heavy atom. The van der Waals surface area contributed by atoms with E-state index in [-0.39, 0.29) is 5.82 Å². The first kappa shape index (κ1) is 14.7. The zero-order valence-electron chi connectivity index (χ0n) is 10.6. The number of guanidine groups is 1. The van der Waals surface area contributed by atoms with Crippen LogP contribution in [0.15, 0.2) is 27.7 Å². The van der Waals surface area contributed by atoms with Crippen molar-refractivity contribution in [2.45, 2.75) is 6.42 Å². The molecule has 6 heteroatoms. The largest absolute Gasteiger partial charge is 0.370 e. The normalized spacial score (nSPS) is 16.7. The monoisotopic (exact) mass is 345 g/mol. The van der Waals surface area contributed by atoms with Crippen LogP contribution < -0.4 is 5.73 Å². The summed E-state index contributed by atoms with van der Waals surface area (Å²) in [6.45, 7) is 2.58. The maximum Gasteiger partial charge on any atom is 0.191 e. The van der Waals surface area contributed by atoms with Gasteiger partial charge in [0.2, 0.25) is 0 Å². The van der Waals surface area contributed by atoms with Gasteiger partial charge in [0, 0.05) is 31.1 Å². The Kier molecular flexibility index (Phi) is 5.51. The second kappa shape index (κ2) is 7.14. The van der Waals surface area contributed by atoms with Crippen molar-refractivity contribution in [2.75, 3.05) is 31.1 Å². The van der Waals surface area contributed by atoms with Gasteiger partial charge in [-0.15, -0.1) is 0 Å². The first-order chi connectivity index (χ1) is 9.16. The summed E-state index contributed by atoms with van der Waals surface area (Å²) in [5, 5.41) is 0. The molecule has 0 unspecified atom stereocenters. The van der Waals surface area contributed by atoms with Crippen LogP contribution in [0.1, 0.15) is 5.56 Å². The lowest BCUT2D eigenvalue weighted by Gasteiger charge is -2.27. The van der Waals surface area contributed by atoms with Crippen molar-refractivity contribution in [1.29, 1.82) is 0 Å². The van der Waals surface area contributed by atoms with E-state index < -0.39 is 0 Å². The van der Waals surface area contributed by atoms with Gasteiger partial charge in [-0.2, -0.15) is 11.8 Å². The standard InChI is InChI=1S/C13H17BrFN3S/c14-11-9-10(1-2-12(11)15)3-4-17-13(16)18-5-7-19-8-6-18/h1-2,9H,3-8H2,(H2,16,17). The number of aliphatic imine (C=N–C) groups is 1. The maximum atomic E-state index is 13.1. The molecule has 1 aliphatic rings. The maximum absolute atomic E-state index is 13.1. The van der Waals surface area contributed by atoms with Crippen LogP contribution in [0.3, 0.4) is 0 Å². The van der Waals surface area contributed by atoms with Gasteiger partial charge < -0.3 is 10.6 Å². The fourth-order valence-corrected chi connectivity index (χ4v) is 3.22. The highest BCUT2D eigenvalue weighted by Gasteiger charge is 2.11. The highest BCUT2D eigenvalue weighted by molar-refractivity contribution is 9.10. The fraction of sp³-hybridized carbons (Fsp3) is 0.462. The van der Waals surface area contributed by atoms with E-state index in [2.05, 4.69) is 25.8 Å². The molecule has 1 saturated heterocycles. The van der Waals surface area contributed by atoms with Crippen molar-refractivity contribution >= 4 is 33.7 Å². The topological polar surface area (TPSA) is 41.6 Å². The van der Waals surface area contributed by atoms with Crippen LogP contribution in [-0.2, 0) is 6.42 Å². The molecule has 0 aromatic heterocycles. The van der Waals surface area contributed by atoms with E-state index in [0.29, 0.717) is 17.0 Å². The molecule has 1 aliphatic heterocycles. The molecular weight excluding hydrogens is 329 g/mol. The Morgan fingerprint density at radius 3 is 2.84 bits per heavy atom. The van der Waals surface area contributed by atoms with Gasteiger partial charge in [0.15, 0.2) is 5.96 Å². The van der Waals surface area contributed by atoms with Gasteiger partial charge in [0.25, 0.3) is 0 Å². The molecule has 1 fully saturated rings. The summed E-state index contributed by atoms with van der Waals surface area (Å²) in [4.78, 5) is 6.52. The zero-order valence-corrected chi connectivity index (χ0v) is 13.0. The Labute approximate surface area is 125 Å². The first-order valence-electron chi connectivity index (χ1n) is 6.23. The molecule has 19 heavy (non-hydrogen) atoms. The van der Waals surface area contributed by atoms with Crippen LogP contribution in [0.2, 0.25) is 0 Å². The van der Waals surface area contributed by atoms with E-state index in [0.717, 1.165) is 36.6 Å². The van der Waals surface area contributed by atoms with E-state index in [1.54, 1.807) is 12.1 Å². The zero-order chi connectivity index (χ0) is 13.7. The van der Waals surface area contributed by atoms with Crippen molar-refractivity contribution in [1.82, 2.24) is 4.90 Å². The fourth-order valence-electron chi connectivity index (χ4n) is 1.89. The lowest BCUT2D eigenvalue weighted by Crippen LogP contribution is -2.42. The predicted molar refractivity (Wildman–Crippen MR) is 83.2 cm³/mol. The minimum absolute atomic E-state index is 0.238. The second-order valence-corrected chi connectivity index (χ2v) is 6.42. The van der Waals surface area contributed by atoms with Crippen LogP contribution in [0.25, 0.3) is 0 Å². The molecule has 1 heterocycles. The number of thioether (sulfide) groups is 1. The summed E-state index contributed by atoms with van der Waals surface area (Å²) in [5.41, 5.74) is 7.02. The van der Waals surface area contributed by atoms with Gasteiger partial charge >= 0.3 is 0 Å². The lowest BCUT2D eigenvalue weighted by atomic mass is 10.1. The predicted octanol–water partition coefficient (Wildman–Crippen LogP) is 2.49. The summed E-state index contributed by atoms with van der Waals surface area (Å²) in [6.07, 6.45) is 0.766. The van der Waals surface area contributed by atoms with Gasteiger partial charge in [0.05, 0.1) is 4.47 Å². The van der Waals surface area contributed by atoms with Gasteiger partial charge in [-0.3, -0.25) is 4.99 Å². The molecular formula is C13H17BrFN3S. The van der Waals surface area contributed by atoms with Crippen molar-refractivity contribution in [3.8, 4) is 0 Å². The number of hydrogen-bond donors (Lipinski definition) is 1. The van der Waals surface area contributed by atoms with Crippen molar-refractivity contribution in [3.63, 3.8) is 0 Å². The molecule has 2 rings (SSSR count). The number of nitrogens with zero attached hydrogens (tertiary/aromatic N) is 2. The molecule has 2 N–H and O–H groups in total. The summed E-state index contributed by atoms with van der Waals surface area (Å²) < 4.78 is 13.6. The van der Waals surface area contributed by atoms with E-state index >= 15 is 0 Å². The van der Waals surface area contributed by atoms with Crippen molar-refractivity contribution in [3.05, 3.63) is 34.1 Å². The molecule has 1 aromatic rings. The van der Waals surface area contributed by atoms with Gasteiger partial charge in [-0.05, 0) is 40.0 Å². The Hall–Kier alpha value is -0.750. The van der Waals surface area contributed by atoms with E-state index in [4.69, 9.17) is 5.73 Å². The highest BCUT2D eigenvalue weighted by atomic mass is 79.9. The third-order valence-electron chi connectivity index (χ3n) is 2.99. The number of hydrogen-bond acceptors (Lipinski definition) is 2. The first-order valence-corrected chi connectivity index (χ1v) is 8.18. The molecule has 0 atom stereocenters. The molecule has 3 nitrogen and oxygen atoms in total. The number of benzene rings is 1. The van der Waals surface area contributed by atoms with Crippen LogP contribution in [0.4, 0.5) is 4.39 Å². The Morgan fingerprint density at radius 2 is 2.16 bits per heavy atom. The smallest absolute Gasteiger partial charge is 0.191 e. The molecule has 0 bridgehead atoms. The lowest BCUT2D eigenvalue weighted by molar-refractivity contribution is 0.456. The third kappa shape index (κ3) is 4.38. The summed E-state index contributed by atoms with van der Waals surface area (Å²) in [6, 6.07) is 5.04. The number of halogens is 2.